The molecule has 1 aromatic carbocycles. The fourth-order valence-electron chi connectivity index (χ4n) is 6.03. The lowest BCUT2D eigenvalue weighted by molar-refractivity contribution is -0.143. The molecule has 0 spiro atoms. The predicted molar refractivity (Wildman–Crippen MR) is 231 cm³/mol. The van der Waals surface area contributed by atoms with Gasteiger partial charge in [-0.2, -0.15) is 11.8 Å². The number of amides is 7. The molecular formula is C41H66N8O12S. The van der Waals surface area contributed by atoms with Gasteiger partial charge in [0.15, 0.2) is 0 Å². The first-order valence-electron chi connectivity index (χ1n) is 20.5. The molecule has 0 aliphatic rings. The summed E-state index contributed by atoms with van der Waals surface area (Å²) in [4.78, 5) is 117. The second-order valence-corrected chi connectivity index (χ2v) is 17.2. The van der Waals surface area contributed by atoms with Crippen molar-refractivity contribution in [2.75, 3.05) is 25.2 Å². The van der Waals surface area contributed by atoms with Crippen molar-refractivity contribution in [2.45, 2.75) is 122 Å². The lowest BCUT2D eigenvalue weighted by Crippen LogP contribution is -2.59. The van der Waals surface area contributed by atoms with Crippen molar-refractivity contribution < 1.29 is 58.5 Å². The van der Waals surface area contributed by atoms with Crippen molar-refractivity contribution in [2.24, 2.45) is 23.5 Å². The second kappa shape index (κ2) is 28.3. The number of carboxylic acids is 2. The predicted octanol–water partition coefficient (Wildman–Crippen LogP) is -0.976. The fraction of sp³-hybridized carbons (Fsp3) is 0.634. The average molecular weight is 895 g/mol. The van der Waals surface area contributed by atoms with E-state index in [0.29, 0.717) is 11.3 Å². The highest BCUT2D eigenvalue weighted by Gasteiger charge is 2.33. The molecule has 0 saturated heterocycles. The summed E-state index contributed by atoms with van der Waals surface area (Å²) in [5.74, 6) is -8.51. The monoisotopic (exact) mass is 894 g/mol. The number of carbonyl (C=O) groups is 9. The van der Waals surface area contributed by atoms with Gasteiger partial charge in [0, 0.05) is 6.42 Å². The van der Waals surface area contributed by atoms with Gasteiger partial charge in [0.2, 0.25) is 41.4 Å². The molecule has 0 fully saturated rings. The molecule has 0 heterocycles. The molecule has 7 atom stereocenters. The highest BCUT2D eigenvalue weighted by molar-refractivity contribution is 7.98. The normalized spacial score (nSPS) is 14.6. The highest BCUT2D eigenvalue weighted by atomic mass is 32.2. The third-order valence-electron chi connectivity index (χ3n) is 9.15. The van der Waals surface area contributed by atoms with Crippen molar-refractivity contribution in [1.29, 1.82) is 0 Å². The summed E-state index contributed by atoms with van der Waals surface area (Å²) in [7, 11) is 0. The largest absolute Gasteiger partial charge is 0.481 e. The molecule has 12 N–H and O–H groups in total. The number of thioether (sulfide) groups is 1. The Bertz CT molecular complexity index is 1670. The van der Waals surface area contributed by atoms with Crippen LogP contribution in [0.15, 0.2) is 30.3 Å². The van der Waals surface area contributed by atoms with Gasteiger partial charge >= 0.3 is 11.9 Å². The second-order valence-electron chi connectivity index (χ2n) is 16.2. The first-order chi connectivity index (χ1) is 29.1. The van der Waals surface area contributed by atoms with Gasteiger partial charge in [0.1, 0.15) is 42.3 Å². The van der Waals surface area contributed by atoms with Gasteiger partial charge in [-0.15, -0.1) is 0 Å². The van der Waals surface area contributed by atoms with Crippen molar-refractivity contribution in [1.82, 2.24) is 37.2 Å². The van der Waals surface area contributed by atoms with E-state index in [9.17, 15) is 58.5 Å². The quantitative estimate of drug-likeness (QED) is 0.0461. The van der Waals surface area contributed by atoms with Gasteiger partial charge in [0.05, 0.1) is 19.6 Å². The maximum Gasteiger partial charge on any atom is 0.326 e. The van der Waals surface area contributed by atoms with Crippen LogP contribution in [0.25, 0.3) is 0 Å². The number of carboxylic acid groups (broad SMARTS) is 2. The first kappa shape index (κ1) is 54.7. The van der Waals surface area contributed by atoms with E-state index in [1.54, 1.807) is 50.4 Å². The Labute approximate surface area is 366 Å². The molecule has 1 aromatic rings. The van der Waals surface area contributed by atoms with E-state index in [1.807, 2.05) is 27.7 Å². The summed E-state index contributed by atoms with van der Waals surface area (Å²) in [5, 5.41) is 45.9. The standard InChI is InChI=1S/C41H66N8O12S/c1-22(2)15-28(47-38(57)30(17-24(5)6)48-37(56)29(16-23(3)4)46-35(54)26(42)21-50)36(55)43-20-33(51)44-32(19-34(52)53)40(59)49-31(18-25-11-9-8-10-12-25)39(58)45-27(41(60)61)13-14-62-7/h8-12,22-24,26-32,50H,13-21,42H2,1-7H3,(H,43,55)(H,44,51)(H,45,58)(H,46,54)(H,47,57)(H,48,56)(H,49,59)(H,52,53)(H,60,61)/t26-,27-,28-,29-,30-,31-,32-/m0/s1. The zero-order valence-corrected chi connectivity index (χ0v) is 37.3. The zero-order valence-electron chi connectivity index (χ0n) is 36.5. The number of hydrogen-bond acceptors (Lipinski definition) is 12. The molecule has 0 saturated carbocycles. The molecular weight excluding hydrogens is 829 g/mol. The molecule has 0 aliphatic heterocycles. The molecule has 21 heteroatoms. The number of benzene rings is 1. The summed E-state index contributed by atoms with van der Waals surface area (Å²) in [6.45, 7) is 9.45. The van der Waals surface area contributed by atoms with Gasteiger partial charge in [0.25, 0.3) is 0 Å². The Morgan fingerprint density at radius 3 is 1.48 bits per heavy atom. The molecule has 7 amide bonds. The minimum Gasteiger partial charge on any atom is -0.481 e. The number of aliphatic carboxylic acids is 2. The summed E-state index contributed by atoms with van der Waals surface area (Å²) in [6.07, 6.45) is 1.28. The van der Waals surface area contributed by atoms with Crippen LogP contribution in [0.2, 0.25) is 0 Å². The molecule has 348 valence electrons. The molecule has 0 aromatic heterocycles. The van der Waals surface area contributed by atoms with Gasteiger partial charge in [-0.25, -0.2) is 4.79 Å². The van der Waals surface area contributed by atoms with Crippen LogP contribution in [-0.4, -0.2) is 136 Å². The number of aliphatic hydroxyl groups excluding tert-OH is 1. The third-order valence-corrected chi connectivity index (χ3v) is 9.79. The van der Waals surface area contributed by atoms with E-state index >= 15 is 0 Å². The van der Waals surface area contributed by atoms with E-state index < -0.39 is 115 Å². The molecule has 0 aliphatic carbocycles. The smallest absolute Gasteiger partial charge is 0.326 e. The Morgan fingerprint density at radius 1 is 0.597 bits per heavy atom. The van der Waals surface area contributed by atoms with Gasteiger partial charge in [-0.1, -0.05) is 71.9 Å². The number of rotatable bonds is 29. The van der Waals surface area contributed by atoms with Crippen molar-refractivity contribution in [3.8, 4) is 0 Å². The van der Waals surface area contributed by atoms with Crippen molar-refractivity contribution in [3.05, 3.63) is 35.9 Å². The lowest BCUT2D eigenvalue weighted by atomic mass is 9.98. The van der Waals surface area contributed by atoms with Crippen LogP contribution in [0.5, 0.6) is 0 Å². The van der Waals surface area contributed by atoms with E-state index in [-0.39, 0.29) is 49.9 Å². The maximum atomic E-state index is 13.7. The minimum atomic E-state index is -1.73. The molecule has 0 unspecified atom stereocenters. The number of hydrogen-bond donors (Lipinski definition) is 11. The summed E-state index contributed by atoms with van der Waals surface area (Å²) >= 11 is 1.37. The van der Waals surface area contributed by atoms with E-state index in [0.717, 1.165) is 0 Å². The Hall–Kier alpha value is -5.28. The van der Waals surface area contributed by atoms with Crippen molar-refractivity contribution >= 4 is 65.1 Å². The van der Waals surface area contributed by atoms with E-state index in [1.165, 1.54) is 11.8 Å². The van der Waals surface area contributed by atoms with Crippen LogP contribution in [0.3, 0.4) is 0 Å². The maximum absolute atomic E-state index is 13.7. The van der Waals surface area contributed by atoms with Crippen LogP contribution in [0, 0.1) is 17.8 Å². The fourth-order valence-corrected chi connectivity index (χ4v) is 6.50. The van der Waals surface area contributed by atoms with Crippen LogP contribution in [-0.2, 0) is 49.6 Å². The molecule has 20 nitrogen and oxygen atoms in total. The van der Waals surface area contributed by atoms with Crippen LogP contribution in [0.1, 0.15) is 79.2 Å². The number of aliphatic hydroxyl groups is 1. The number of nitrogens with two attached hydrogens (primary N) is 1. The third kappa shape index (κ3) is 21.5. The molecule has 0 bridgehead atoms. The van der Waals surface area contributed by atoms with E-state index in [4.69, 9.17) is 5.73 Å². The Balaban J connectivity index is 3.19. The topological polar surface area (TPSA) is 325 Å². The summed E-state index contributed by atoms with van der Waals surface area (Å²) < 4.78 is 0. The Morgan fingerprint density at radius 2 is 1.03 bits per heavy atom. The summed E-state index contributed by atoms with van der Waals surface area (Å²) in [6, 6.07) is -0.639. The lowest BCUT2D eigenvalue weighted by Gasteiger charge is -2.27. The van der Waals surface area contributed by atoms with Crippen LogP contribution >= 0.6 is 11.8 Å². The summed E-state index contributed by atoms with van der Waals surface area (Å²) in [5.41, 5.74) is 6.22. The average Bonchev–Trinajstić information content (AvgIpc) is 3.19. The van der Waals surface area contributed by atoms with Gasteiger partial charge in [-0.3, -0.25) is 38.4 Å². The molecule has 0 radical (unpaired) electrons. The molecule has 62 heavy (non-hydrogen) atoms. The molecule has 1 rings (SSSR count). The first-order valence-corrected chi connectivity index (χ1v) is 21.9. The van der Waals surface area contributed by atoms with Crippen LogP contribution in [0.4, 0.5) is 0 Å². The number of carbonyl (C=O) groups excluding carboxylic acids is 7. The number of nitrogens with one attached hydrogen (secondary N) is 7. The van der Waals surface area contributed by atoms with Crippen molar-refractivity contribution in [3.63, 3.8) is 0 Å². The highest BCUT2D eigenvalue weighted by Crippen LogP contribution is 2.12. The van der Waals surface area contributed by atoms with Gasteiger partial charge < -0.3 is 58.3 Å². The SMILES string of the molecule is CSCC[C@H](NC(=O)[C@H](Cc1ccccc1)NC(=O)[C@H](CC(=O)O)NC(=O)CNC(=O)[C@H](CC(C)C)NC(=O)[C@H](CC(C)C)NC(=O)[C@H](CC(C)C)NC(=O)[C@@H](N)CO)C(=O)O. The van der Waals surface area contributed by atoms with E-state index in [2.05, 4.69) is 37.2 Å². The van der Waals surface area contributed by atoms with Gasteiger partial charge in [-0.05, 0) is 61.0 Å². The minimum absolute atomic E-state index is 0.0602. The zero-order chi connectivity index (χ0) is 47.1. The Kier molecular flexibility index (Phi) is 25.0. The van der Waals surface area contributed by atoms with Crippen LogP contribution < -0.4 is 43.0 Å².